The van der Waals surface area contributed by atoms with E-state index < -0.39 is 23.8 Å². The van der Waals surface area contributed by atoms with E-state index in [0.29, 0.717) is 5.75 Å². The minimum atomic E-state index is -1.34. The molecule has 0 radical (unpaired) electrons. The van der Waals surface area contributed by atoms with Crippen LogP contribution in [0, 0.1) is 11.6 Å². The zero-order valence-electron chi connectivity index (χ0n) is 9.23. The third-order valence-electron chi connectivity index (χ3n) is 2.38. The third kappa shape index (κ3) is 3.31. The molecule has 0 amide bonds. The maximum absolute atomic E-state index is 13.1. The number of thiol groups is 1. The van der Waals surface area contributed by atoms with Gasteiger partial charge in [0.15, 0.2) is 11.6 Å². The van der Waals surface area contributed by atoms with Crippen LogP contribution in [0.4, 0.5) is 8.78 Å². The lowest BCUT2D eigenvalue weighted by atomic mass is 10.0. The van der Waals surface area contributed by atoms with Gasteiger partial charge in [-0.2, -0.15) is 12.6 Å². The van der Waals surface area contributed by atoms with Crippen molar-refractivity contribution in [3.05, 3.63) is 29.3 Å². The number of hydrogen-bond acceptors (Lipinski definition) is 4. The van der Waals surface area contributed by atoms with Crippen LogP contribution in [0.25, 0.3) is 0 Å². The molecule has 0 saturated heterocycles. The van der Waals surface area contributed by atoms with E-state index in [0.717, 1.165) is 12.1 Å². The van der Waals surface area contributed by atoms with E-state index in [1.54, 1.807) is 0 Å². The summed E-state index contributed by atoms with van der Waals surface area (Å²) < 4.78 is 30.8. The number of ether oxygens (including phenoxy) is 1. The number of rotatable bonds is 5. The Hall–Kier alpha value is -0.850. The van der Waals surface area contributed by atoms with Crippen molar-refractivity contribution in [2.75, 3.05) is 12.9 Å². The van der Waals surface area contributed by atoms with Gasteiger partial charge in [0.25, 0.3) is 0 Å². The summed E-state index contributed by atoms with van der Waals surface area (Å²) in [5, 5.41) is 19.4. The molecule has 0 spiro atoms. The Morgan fingerprint density at radius 1 is 1.29 bits per heavy atom. The molecular formula is C11H14F2O3S. The van der Waals surface area contributed by atoms with Crippen LogP contribution in [0.5, 0.6) is 5.75 Å². The van der Waals surface area contributed by atoms with E-state index in [1.807, 2.05) is 0 Å². The van der Waals surface area contributed by atoms with E-state index in [9.17, 15) is 19.0 Å². The molecule has 2 atom stereocenters. The van der Waals surface area contributed by atoms with Crippen LogP contribution in [0.3, 0.4) is 0 Å². The first-order valence-corrected chi connectivity index (χ1v) is 5.64. The molecule has 17 heavy (non-hydrogen) atoms. The Kier molecular flexibility index (Phi) is 5.17. The van der Waals surface area contributed by atoms with Crippen LogP contribution in [-0.4, -0.2) is 29.2 Å². The first kappa shape index (κ1) is 14.2. The highest BCUT2D eigenvalue weighted by Crippen LogP contribution is 2.30. The summed E-state index contributed by atoms with van der Waals surface area (Å²) in [4.78, 5) is 0. The van der Waals surface area contributed by atoms with Crippen molar-refractivity contribution in [2.45, 2.75) is 18.6 Å². The van der Waals surface area contributed by atoms with Crippen molar-refractivity contribution < 1.29 is 23.7 Å². The summed E-state index contributed by atoms with van der Waals surface area (Å²) in [5.41, 5.74) is 0.0145. The lowest BCUT2D eigenvalue weighted by Crippen LogP contribution is -2.19. The zero-order valence-corrected chi connectivity index (χ0v) is 10.1. The number of halogens is 2. The molecular weight excluding hydrogens is 250 g/mol. The molecule has 0 aliphatic carbocycles. The van der Waals surface area contributed by atoms with Crippen molar-refractivity contribution in [3.63, 3.8) is 0 Å². The second kappa shape index (κ2) is 6.18. The molecule has 0 aliphatic heterocycles. The Bertz CT molecular complexity index is 387. The zero-order chi connectivity index (χ0) is 13.0. The molecule has 0 aromatic heterocycles. The predicted octanol–water partition coefficient (Wildman–Crippen LogP) is 1.69. The number of methoxy groups -OCH3 is 1. The normalized spacial score (nSPS) is 14.5. The number of hydrogen-bond donors (Lipinski definition) is 3. The fraction of sp³-hybridized carbons (Fsp3) is 0.455. The highest BCUT2D eigenvalue weighted by molar-refractivity contribution is 7.80. The monoisotopic (exact) mass is 264 g/mol. The summed E-state index contributed by atoms with van der Waals surface area (Å²) >= 11 is 3.92. The molecule has 2 N–H and O–H groups in total. The van der Waals surface area contributed by atoms with Gasteiger partial charge in [-0.25, -0.2) is 8.78 Å². The van der Waals surface area contributed by atoms with Gasteiger partial charge in [-0.05, 0) is 18.2 Å². The van der Waals surface area contributed by atoms with Crippen LogP contribution in [0.2, 0.25) is 0 Å². The van der Waals surface area contributed by atoms with Gasteiger partial charge in [0.1, 0.15) is 11.9 Å². The highest BCUT2D eigenvalue weighted by atomic mass is 32.1. The molecule has 0 saturated carbocycles. The van der Waals surface area contributed by atoms with E-state index in [2.05, 4.69) is 12.6 Å². The van der Waals surface area contributed by atoms with Gasteiger partial charge in [0.05, 0.1) is 13.2 Å². The molecule has 2 unspecified atom stereocenters. The topological polar surface area (TPSA) is 49.7 Å². The van der Waals surface area contributed by atoms with Crippen molar-refractivity contribution >= 4 is 12.6 Å². The molecule has 0 aliphatic rings. The molecule has 1 rings (SSSR count). The van der Waals surface area contributed by atoms with Crippen LogP contribution >= 0.6 is 12.6 Å². The van der Waals surface area contributed by atoms with Gasteiger partial charge in [0, 0.05) is 11.6 Å². The van der Waals surface area contributed by atoms with Gasteiger partial charge in [-0.1, -0.05) is 0 Å². The number of benzene rings is 1. The largest absolute Gasteiger partial charge is 0.496 e. The maximum atomic E-state index is 13.1. The summed E-state index contributed by atoms with van der Waals surface area (Å²) in [6, 6.07) is 1.65. The lowest BCUT2D eigenvalue weighted by Gasteiger charge is -2.19. The molecule has 3 nitrogen and oxygen atoms in total. The molecule has 6 heteroatoms. The number of aliphatic hydroxyl groups is 2. The van der Waals surface area contributed by atoms with Crippen LogP contribution in [0.15, 0.2) is 12.1 Å². The van der Waals surface area contributed by atoms with Gasteiger partial charge >= 0.3 is 0 Å². The van der Waals surface area contributed by atoms with Crippen molar-refractivity contribution in [3.8, 4) is 5.75 Å². The Balaban J connectivity index is 3.07. The summed E-state index contributed by atoms with van der Waals surface area (Å²) in [6.07, 6.45) is -2.22. The highest BCUT2D eigenvalue weighted by Gasteiger charge is 2.23. The Labute approximate surface area is 103 Å². The molecule has 0 fully saturated rings. The van der Waals surface area contributed by atoms with Gasteiger partial charge in [0.2, 0.25) is 0 Å². The first-order valence-electron chi connectivity index (χ1n) is 5.01. The standard InChI is InChI=1S/C11H14F2O3S/c1-16-10-5-8(13)7(12)4-6(10)11(15)9(14)2-3-17/h4-5,9,11,14-15,17H,2-3H2,1H3. The second-order valence-electron chi connectivity index (χ2n) is 3.53. The van der Waals surface area contributed by atoms with Gasteiger partial charge in [-0.15, -0.1) is 0 Å². The minimum absolute atomic E-state index is 0.00499. The molecule has 96 valence electrons. The van der Waals surface area contributed by atoms with E-state index in [1.165, 1.54) is 7.11 Å². The van der Waals surface area contributed by atoms with Gasteiger partial charge < -0.3 is 14.9 Å². The molecule has 0 heterocycles. The SMILES string of the molecule is COc1cc(F)c(F)cc1C(O)C(O)CCS. The summed E-state index contributed by atoms with van der Waals surface area (Å²) in [7, 11) is 1.27. The molecule has 0 bridgehead atoms. The van der Waals surface area contributed by atoms with E-state index >= 15 is 0 Å². The van der Waals surface area contributed by atoms with Gasteiger partial charge in [-0.3, -0.25) is 0 Å². The maximum Gasteiger partial charge on any atom is 0.162 e. The minimum Gasteiger partial charge on any atom is -0.496 e. The summed E-state index contributed by atoms with van der Waals surface area (Å²) in [6.45, 7) is 0. The molecule has 1 aromatic carbocycles. The first-order chi connectivity index (χ1) is 8.01. The third-order valence-corrected chi connectivity index (χ3v) is 2.64. The molecule has 1 aromatic rings. The van der Waals surface area contributed by atoms with Crippen LogP contribution in [-0.2, 0) is 0 Å². The summed E-state index contributed by atoms with van der Waals surface area (Å²) in [5.74, 6) is -1.81. The smallest absolute Gasteiger partial charge is 0.162 e. The average Bonchev–Trinajstić information content (AvgIpc) is 2.31. The Morgan fingerprint density at radius 2 is 1.88 bits per heavy atom. The average molecular weight is 264 g/mol. The fourth-order valence-electron chi connectivity index (χ4n) is 1.45. The van der Waals surface area contributed by atoms with Crippen molar-refractivity contribution in [2.24, 2.45) is 0 Å². The van der Waals surface area contributed by atoms with E-state index in [-0.39, 0.29) is 17.7 Å². The second-order valence-corrected chi connectivity index (χ2v) is 3.98. The lowest BCUT2D eigenvalue weighted by molar-refractivity contribution is 0.0156. The van der Waals surface area contributed by atoms with Crippen LogP contribution in [0.1, 0.15) is 18.1 Å². The van der Waals surface area contributed by atoms with Crippen LogP contribution < -0.4 is 4.74 Å². The van der Waals surface area contributed by atoms with E-state index in [4.69, 9.17) is 4.74 Å². The number of aliphatic hydroxyl groups excluding tert-OH is 2. The van der Waals surface area contributed by atoms with Crippen molar-refractivity contribution in [1.29, 1.82) is 0 Å². The predicted molar refractivity (Wildman–Crippen MR) is 62.3 cm³/mol. The quantitative estimate of drug-likeness (QED) is 0.709. The Morgan fingerprint density at radius 3 is 2.41 bits per heavy atom. The fourth-order valence-corrected chi connectivity index (χ4v) is 1.71. The van der Waals surface area contributed by atoms with Crippen molar-refractivity contribution in [1.82, 2.24) is 0 Å².